The fraction of sp³-hybridized carbons (Fsp3) is 0.538. The van der Waals surface area contributed by atoms with Crippen LogP contribution in [0.15, 0.2) is 18.2 Å². The van der Waals surface area contributed by atoms with E-state index in [0.29, 0.717) is 0 Å². The Bertz CT molecular complexity index is 318. The Morgan fingerprint density at radius 1 is 1.27 bits per heavy atom. The highest BCUT2D eigenvalue weighted by Crippen LogP contribution is 2.24. The van der Waals surface area contributed by atoms with Crippen LogP contribution >= 0.6 is 0 Å². The van der Waals surface area contributed by atoms with Crippen molar-refractivity contribution in [3.63, 3.8) is 0 Å². The van der Waals surface area contributed by atoms with E-state index in [9.17, 15) is 0 Å². The van der Waals surface area contributed by atoms with Gasteiger partial charge in [0, 0.05) is 6.04 Å². The molecule has 0 aliphatic heterocycles. The molecule has 84 valence electrons. The zero-order valence-electron chi connectivity index (χ0n) is 10.1. The summed E-state index contributed by atoms with van der Waals surface area (Å²) in [5.74, 6) is 0.974. The molecule has 2 nitrogen and oxygen atoms in total. The molecule has 1 unspecified atom stereocenters. The minimum atomic E-state index is 0.167. The van der Waals surface area contributed by atoms with Crippen molar-refractivity contribution in [3.05, 3.63) is 29.3 Å². The normalized spacial score (nSPS) is 12.9. The molecule has 1 atom stereocenters. The molecule has 0 radical (unpaired) electrons. The van der Waals surface area contributed by atoms with Crippen molar-refractivity contribution in [3.8, 4) is 5.75 Å². The van der Waals surface area contributed by atoms with E-state index < -0.39 is 0 Å². The van der Waals surface area contributed by atoms with Crippen molar-refractivity contribution in [1.82, 2.24) is 0 Å². The third-order valence-electron chi connectivity index (χ3n) is 2.26. The largest absolute Gasteiger partial charge is 0.491 e. The fourth-order valence-electron chi connectivity index (χ4n) is 1.62. The second-order valence-electron chi connectivity index (χ2n) is 4.40. The Balaban J connectivity index is 2.97. The number of hydrogen-bond acceptors (Lipinski definition) is 2. The molecule has 0 aliphatic carbocycles. The van der Waals surface area contributed by atoms with Crippen LogP contribution in [0.4, 0.5) is 0 Å². The Kier molecular flexibility index (Phi) is 4.15. The van der Waals surface area contributed by atoms with E-state index in [0.717, 1.165) is 12.2 Å². The van der Waals surface area contributed by atoms with Crippen LogP contribution in [0.1, 0.15) is 31.9 Å². The van der Waals surface area contributed by atoms with E-state index in [-0.39, 0.29) is 12.1 Å². The zero-order chi connectivity index (χ0) is 11.4. The molecule has 0 aromatic heterocycles. The zero-order valence-corrected chi connectivity index (χ0v) is 10.1. The van der Waals surface area contributed by atoms with Gasteiger partial charge in [-0.2, -0.15) is 0 Å². The first-order valence-electron chi connectivity index (χ1n) is 5.51. The third kappa shape index (κ3) is 3.56. The van der Waals surface area contributed by atoms with Crippen molar-refractivity contribution >= 4 is 0 Å². The molecule has 0 fully saturated rings. The topological polar surface area (TPSA) is 35.2 Å². The Hall–Kier alpha value is -1.02. The van der Waals surface area contributed by atoms with Crippen molar-refractivity contribution in [2.45, 2.75) is 46.3 Å². The summed E-state index contributed by atoms with van der Waals surface area (Å²) in [7, 11) is 0. The summed E-state index contributed by atoms with van der Waals surface area (Å²) < 4.78 is 5.77. The van der Waals surface area contributed by atoms with Gasteiger partial charge in [-0.3, -0.25) is 0 Å². The van der Waals surface area contributed by atoms with E-state index in [4.69, 9.17) is 10.5 Å². The summed E-state index contributed by atoms with van der Waals surface area (Å²) in [4.78, 5) is 0. The first kappa shape index (κ1) is 12.1. The van der Waals surface area contributed by atoms with E-state index in [2.05, 4.69) is 13.0 Å². The van der Waals surface area contributed by atoms with E-state index in [1.807, 2.05) is 32.9 Å². The van der Waals surface area contributed by atoms with Crippen LogP contribution < -0.4 is 10.5 Å². The van der Waals surface area contributed by atoms with Gasteiger partial charge in [0.25, 0.3) is 0 Å². The molecule has 2 N–H and O–H groups in total. The maximum Gasteiger partial charge on any atom is 0.123 e. The lowest BCUT2D eigenvalue weighted by molar-refractivity contribution is 0.239. The summed E-state index contributed by atoms with van der Waals surface area (Å²) >= 11 is 0. The number of hydrogen-bond donors (Lipinski definition) is 1. The van der Waals surface area contributed by atoms with Gasteiger partial charge >= 0.3 is 0 Å². The standard InChI is InChI=1S/C13H21NO/c1-9(2)15-13-7-5-6-10(3)12(13)8-11(4)14/h5-7,9,11H,8,14H2,1-4H3. The summed E-state index contributed by atoms with van der Waals surface area (Å²) in [6.07, 6.45) is 1.08. The average Bonchev–Trinajstić information content (AvgIpc) is 2.09. The molecule has 0 spiro atoms. The molecule has 1 rings (SSSR count). The van der Waals surface area contributed by atoms with Crippen LogP contribution in [0.5, 0.6) is 5.75 Å². The lowest BCUT2D eigenvalue weighted by atomic mass is 10.0. The molecule has 0 aliphatic rings. The van der Waals surface area contributed by atoms with Crippen LogP contribution in [0.2, 0.25) is 0 Å². The van der Waals surface area contributed by atoms with Crippen molar-refractivity contribution in [2.75, 3.05) is 0 Å². The molecule has 0 saturated carbocycles. The van der Waals surface area contributed by atoms with Gasteiger partial charge in [-0.1, -0.05) is 12.1 Å². The van der Waals surface area contributed by atoms with Crippen LogP contribution in [0, 0.1) is 6.92 Å². The molecule has 0 amide bonds. The molecule has 0 bridgehead atoms. The second-order valence-corrected chi connectivity index (χ2v) is 4.40. The lowest BCUT2D eigenvalue weighted by Gasteiger charge is -2.17. The Morgan fingerprint density at radius 2 is 1.93 bits per heavy atom. The predicted octanol–water partition coefficient (Wildman–Crippen LogP) is 2.67. The first-order chi connectivity index (χ1) is 7.00. The molecular weight excluding hydrogens is 186 g/mol. The van der Waals surface area contributed by atoms with Gasteiger partial charge in [0.05, 0.1) is 6.10 Å². The van der Waals surface area contributed by atoms with Gasteiger partial charge in [-0.25, -0.2) is 0 Å². The van der Waals surface area contributed by atoms with Gasteiger partial charge < -0.3 is 10.5 Å². The maximum atomic E-state index is 5.84. The van der Waals surface area contributed by atoms with Crippen LogP contribution in [-0.4, -0.2) is 12.1 Å². The van der Waals surface area contributed by atoms with E-state index >= 15 is 0 Å². The highest BCUT2D eigenvalue weighted by atomic mass is 16.5. The SMILES string of the molecule is Cc1cccc(OC(C)C)c1CC(C)N. The smallest absolute Gasteiger partial charge is 0.123 e. The quantitative estimate of drug-likeness (QED) is 0.823. The van der Waals surface area contributed by atoms with Crippen molar-refractivity contribution in [1.29, 1.82) is 0 Å². The lowest BCUT2D eigenvalue weighted by Crippen LogP contribution is -2.19. The molecular formula is C13H21NO. The highest BCUT2D eigenvalue weighted by molar-refractivity contribution is 5.40. The highest BCUT2D eigenvalue weighted by Gasteiger charge is 2.09. The number of rotatable bonds is 4. The van der Waals surface area contributed by atoms with Gasteiger partial charge in [0.15, 0.2) is 0 Å². The summed E-state index contributed by atoms with van der Waals surface area (Å²) in [6.45, 7) is 8.20. The molecule has 2 heteroatoms. The van der Waals surface area contributed by atoms with Crippen LogP contribution in [0.25, 0.3) is 0 Å². The number of aryl methyl sites for hydroxylation is 1. The maximum absolute atomic E-state index is 5.84. The summed E-state index contributed by atoms with van der Waals surface area (Å²) in [5, 5.41) is 0. The van der Waals surface area contributed by atoms with Gasteiger partial charge in [0.2, 0.25) is 0 Å². The van der Waals surface area contributed by atoms with Gasteiger partial charge in [-0.05, 0) is 51.3 Å². The molecule has 0 saturated heterocycles. The minimum absolute atomic E-state index is 0.167. The van der Waals surface area contributed by atoms with E-state index in [1.54, 1.807) is 0 Å². The minimum Gasteiger partial charge on any atom is -0.491 e. The average molecular weight is 207 g/mol. The second kappa shape index (κ2) is 5.17. The van der Waals surface area contributed by atoms with Crippen LogP contribution in [0.3, 0.4) is 0 Å². The van der Waals surface area contributed by atoms with Crippen molar-refractivity contribution in [2.24, 2.45) is 5.73 Å². The number of nitrogens with two attached hydrogens (primary N) is 1. The monoisotopic (exact) mass is 207 g/mol. The Labute approximate surface area is 92.4 Å². The first-order valence-corrected chi connectivity index (χ1v) is 5.51. The number of benzene rings is 1. The predicted molar refractivity (Wildman–Crippen MR) is 64.3 cm³/mol. The Morgan fingerprint density at radius 3 is 2.47 bits per heavy atom. The van der Waals surface area contributed by atoms with Crippen molar-refractivity contribution < 1.29 is 4.74 Å². The van der Waals surface area contributed by atoms with E-state index in [1.165, 1.54) is 11.1 Å². The van der Waals surface area contributed by atoms with Gasteiger partial charge in [-0.15, -0.1) is 0 Å². The van der Waals surface area contributed by atoms with Gasteiger partial charge in [0.1, 0.15) is 5.75 Å². The third-order valence-corrected chi connectivity index (χ3v) is 2.26. The molecule has 15 heavy (non-hydrogen) atoms. The molecule has 0 heterocycles. The van der Waals surface area contributed by atoms with Crippen LogP contribution in [-0.2, 0) is 6.42 Å². The summed E-state index contributed by atoms with van der Waals surface area (Å²) in [5.41, 5.74) is 8.33. The molecule has 1 aromatic carbocycles. The fourth-order valence-corrected chi connectivity index (χ4v) is 1.62. The summed E-state index contributed by atoms with van der Waals surface area (Å²) in [6, 6.07) is 6.31. The number of ether oxygens (including phenoxy) is 1. The molecule has 1 aromatic rings.